The van der Waals surface area contributed by atoms with Gasteiger partial charge in [0.05, 0.1) is 18.1 Å². The molecule has 0 saturated carbocycles. The molecule has 0 aliphatic carbocycles. The SMILES string of the molecule is CN1CCN(c2ncnc3c2CCN(c2ncc(F)cn2)CC3)CC1.O=C(O)C(F)(F)F. The van der Waals surface area contributed by atoms with Gasteiger partial charge in [0.2, 0.25) is 5.95 Å². The van der Waals surface area contributed by atoms with E-state index in [2.05, 4.69) is 41.7 Å². The highest BCUT2D eigenvalue weighted by atomic mass is 19.4. The molecule has 0 amide bonds. The van der Waals surface area contributed by atoms with Crippen molar-refractivity contribution in [3.8, 4) is 0 Å². The number of fused-ring (bicyclic) bond motifs is 1. The number of hydrogen-bond donors (Lipinski definition) is 1. The highest BCUT2D eigenvalue weighted by molar-refractivity contribution is 5.73. The summed E-state index contributed by atoms with van der Waals surface area (Å²) in [6.07, 6.45) is 0.695. The molecule has 0 bridgehead atoms. The fourth-order valence-electron chi connectivity index (χ4n) is 3.47. The average molecular weight is 457 g/mol. The van der Waals surface area contributed by atoms with Gasteiger partial charge in [0, 0.05) is 51.3 Å². The van der Waals surface area contributed by atoms with Gasteiger partial charge in [0.25, 0.3) is 0 Å². The number of hydrogen-bond acceptors (Lipinski definition) is 8. The van der Waals surface area contributed by atoms with Crippen molar-refractivity contribution in [1.29, 1.82) is 0 Å². The van der Waals surface area contributed by atoms with Gasteiger partial charge in [-0.05, 0) is 13.5 Å². The number of aliphatic carboxylic acids is 1. The van der Waals surface area contributed by atoms with Crippen molar-refractivity contribution >= 4 is 17.7 Å². The second-order valence-corrected chi connectivity index (χ2v) is 7.40. The number of alkyl halides is 3. The van der Waals surface area contributed by atoms with Crippen LogP contribution < -0.4 is 9.80 Å². The summed E-state index contributed by atoms with van der Waals surface area (Å²) in [6.45, 7) is 5.64. The molecule has 0 atom stereocenters. The van der Waals surface area contributed by atoms with Gasteiger partial charge >= 0.3 is 12.1 Å². The first-order chi connectivity index (χ1) is 15.1. The maximum atomic E-state index is 13.1. The molecule has 1 N–H and O–H groups in total. The summed E-state index contributed by atoms with van der Waals surface area (Å²) < 4.78 is 44.8. The standard InChI is InChI=1S/C17H22FN7.C2HF3O2/c1-23-6-8-24(9-7-23)16-14-2-4-25(5-3-15(14)21-12-22-16)17-19-10-13(18)11-20-17;3-2(4,5)1(6)7/h10-12H,2-9H2,1H3;(H,6,7). The molecule has 2 aromatic heterocycles. The number of halogens is 4. The van der Waals surface area contributed by atoms with Crippen LogP contribution in [0, 0.1) is 5.82 Å². The minimum Gasteiger partial charge on any atom is -0.475 e. The quantitative estimate of drug-likeness (QED) is 0.671. The van der Waals surface area contributed by atoms with E-state index in [1.165, 1.54) is 18.0 Å². The Morgan fingerprint density at radius 1 is 0.938 bits per heavy atom. The summed E-state index contributed by atoms with van der Waals surface area (Å²) in [5.41, 5.74) is 2.34. The second kappa shape index (κ2) is 10.0. The lowest BCUT2D eigenvalue weighted by Crippen LogP contribution is -2.45. The van der Waals surface area contributed by atoms with Gasteiger partial charge in [-0.2, -0.15) is 13.2 Å². The second-order valence-electron chi connectivity index (χ2n) is 7.40. The van der Waals surface area contributed by atoms with E-state index in [1.807, 2.05) is 0 Å². The van der Waals surface area contributed by atoms with Gasteiger partial charge in [-0.25, -0.2) is 29.1 Å². The minimum atomic E-state index is -5.08. The number of likely N-dealkylation sites (N-methyl/N-ethyl adjacent to an activating group) is 1. The van der Waals surface area contributed by atoms with Crippen LogP contribution in [0.3, 0.4) is 0 Å². The molecule has 0 spiro atoms. The molecule has 32 heavy (non-hydrogen) atoms. The third kappa shape index (κ3) is 5.99. The van der Waals surface area contributed by atoms with Crippen LogP contribution in [0.15, 0.2) is 18.7 Å². The van der Waals surface area contributed by atoms with Gasteiger partial charge in [0.15, 0.2) is 5.82 Å². The van der Waals surface area contributed by atoms with Crippen LogP contribution in [0.2, 0.25) is 0 Å². The molecule has 0 unspecified atom stereocenters. The van der Waals surface area contributed by atoms with Crippen LogP contribution in [-0.4, -0.2) is 88.4 Å². The third-order valence-electron chi connectivity index (χ3n) is 5.20. The van der Waals surface area contributed by atoms with Crippen LogP contribution in [0.4, 0.5) is 29.3 Å². The zero-order valence-electron chi connectivity index (χ0n) is 17.4. The van der Waals surface area contributed by atoms with E-state index in [9.17, 15) is 17.6 Å². The van der Waals surface area contributed by atoms with Crippen molar-refractivity contribution in [2.24, 2.45) is 0 Å². The van der Waals surface area contributed by atoms with E-state index in [4.69, 9.17) is 9.90 Å². The Hall–Kier alpha value is -3.09. The molecule has 1 fully saturated rings. The molecule has 0 radical (unpaired) electrons. The Kier molecular flexibility index (Phi) is 7.38. The van der Waals surface area contributed by atoms with Crippen LogP contribution in [-0.2, 0) is 17.6 Å². The lowest BCUT2D eigenvalue weighted by Gasteiger charge is -2.34. The summed E-state index contributed by atoms with van der Waals surface area (Å²) >= 11 is 0. The number of aromatic nitrogens is 4. The van der Waals surface area contributed by atoms with E-state index in [1.54, 1.807) is 6.33 Å². The number of rotatable bonds is 2. The third-order valence-corrected chi connectivity index (χ3v) is 5.20. The summed E-state index contributed by atoms with van der Waals surface area (Å²) in [7, 11) is 2.15. The van der Waals surface area contributed by atoms with Crippen molar-refractivity contribution in [3.63, 3.8) is 0 Å². The molecular formula is C19H23F4N7O2. The molecule has 2 aliphatic heterocycles. The largest absolute Gasteiger partial charge is 0.490 e. The summed E-state index contributed by atoms with van der Waals surface area (Å²) in [6, 6.07) is 0. The topological polar surface area (TPSA) is 98.6 Å². The first kappa shape index (κ1) is 23.6. The molecule has 2 aromatic rings. The maximum absolute atomic E-state index is 13.1. The molecule has 1 saturated heterocycles. The van der Waals surface area contributed by atoms with E-state index >= 15 is 0 Å². The molecule has 13 heteroatoms. The summed E-state index contributed by atoms with van der Waals surface area (Å²) in [4.78, 5) is 33.0. The van der Waals surface area contributed by atoms with Crippen molar-refractivity contribution in [1.82, 2.24) is 24.8 Å². The lowest BCUT2D eigenvalue weighted by molar-refractivity contribution is -0.192. The summed E-state index contributed by atoms with van der Waals surface area (Å²) in [5, 5.41) is 7.12. The predicted molar refractivity (Wildman–Crippen MR) is 107 cm³/mol. The van der Waals surface area contributed by atoms with Crippen molar-refractivity contribution < 1.29 is 27.5 Å². The van der Waals surface area contributed by atoms with E-state index in [-0.39, 0.29) is 0 Å². The molecule has 2 aliphatic rings. The number of carbonyl (C=O) groups is 1. The highest BCUT2D eigenvalue weighted by Gasteiger charge is 2.38. The van der Waals surface area contributed by atoms with Gasteiger partial charge in [-0.3, -0.25) is 0 Å². The molecule has 174 valence electrons. The van der Waals surface area contributed by atoms with Gasteiger partial charge in [-0.15, -0.1) is 0 Å². The van der Waals surface area contributed by atoms with Gasteiger partial charge in [-0.1, -0.05) is 0 Å². The monoisotopic (exact) mass is 457 g/mol. The Labute approximate surface area is 181 Å². The van der Waals surface area contributed by atoms with Crippen molar-refractivity contribution in [3.05, 3.63) is 35.8 Å². The Morgan fingerprint density at radius 2 is 1.53 bits per heavy atom. The Bertz CT molecular complexity index is 919. The first-order valence-electron chi connectivity index (χ1n) is 9.94. The van der Waals surface area contributed by atoms with E-state index < -0.39 is 18.0 Å². The number of piperazine rings is 1. The molecule has 9 nitrogen and oxygen atoms in total. The number of carboxylic acids is 1. The van der Waals surface area contributed by atoms with Crippen LogP contribution in [0.5, 0.6) is 0 Å². The van der Waals surface area contributed by atoms with Gasteiger partial charge < -0.3 is 19.8 Å². The maximum Gasteiger partial charge on any atom is 0.490 e. The normalized spacial score (nSPS) is 17.2. The van der Waals surface area contributed by atoms with Crippen LogP contribution >= 0.6 is 0 Å². The lowest BCUT2D eigenvalue weighted by atomic mass is 10.1. The van der Waals surface area contributed by atoms with Crippen LogP contribution in [0.25, 0.3) is 0 Å². The van der Waals surface area contributed by atoms with Crippen molar-refractivity contribution in [2.75, 3.05) is 56.1 Å². The Morgan fingerprint density at radius 3 is 2.12 bits per heavy atom. The highest BCUT2D eigenvalue weighted by Crippen LogP contribution is 2.25. The molecule has 0 aromatic carbocycles. The van der Waals surface area contributed by atoms with Crippen LogP contribution in [0.1, 0.15) is 11.3 Å². The number of anilines is 2. The number of carboxylic acid groups (broad SMARTS) is 1. The number of nitrogens with zero attached hydrogens (tertiary/aromatic N) is 7. The minimum absolute atomic E-state index is 0.412. The molecule has 4 rings (SSSR count). The average Bonchev–Trinajstić information content (AvgIpc) is 2.97. The van der Waals surface area contributed by atoms with Gasteiger partial charge in [0.1, 0.15) is 12.1 Å². The molecular weight excluding hydrogens is 434 g/mol. The predicted octanol–water partition coefficient (Wildman–Crippen LogP) is 1.40. The zero-order chi connectivity index (χ0) is 23.3. The smallest absolute Gasteiger partial charge is 0.475 e. The van der Waals surface area contributed by atoms with E-state index in [0.29, 0.717) is 5.95 Å². The Balaban J connectivity index is 0.000000360. The van der Waals surface area contributed by atoms with Crippen molar-refractivity contribution in [2.45, 2.75) is 19.0 Å². The molecule has 4 heterocycles. The summed E-state index contributed by atoms with van der Waals surface area (Å²) in [5.74, 6) is -1.53. The first-order valence-corrected chi connectivity index (χ1v) is 9.94. The fourth-order valence-corrected chi connectivity index (χ4v) is 3.47. The fraction of sp³-hybridized carbons (Fsp3) is 0.526. The zero-order valence-corrected chi connectivity index (χ0v) is 17.4. The van der Waals surface area contributed by atoms with E-state index in [0.717, 1.165) is 63.6 Å².